The largest absolute Gasteiger partial charge is 0.492 e. The molecule has 0 bridgehead atoms. The van der Waals surface area contributed by atoms with E-state index in [4.69, 9.17) is 9.47 Å². The van der Waals surface area contributed by atoms with Crippen LogP contribution in [0.15, 0.2) is 48.5 Å². The standard InChI is InChI=1S/C22H22N2O5/c1-14-10-20(25)23-17-7-3-4-8-18(17)24(14)21(26)13-29-22(27)16-11-15-6-2-5-9-19(15)28-12-16/h2-9,14,16H,10-13H2,1H3,(H,23,25). The van der Waals surface area contributed by atoms with Crippen molar-refractivity contribution in [3.05, 3.63) is 54.1 Å². The first-order valence-corrected chi connectivity index (χ1v) is 9.61. The highest BCUT2D eigenvalue weighted by Gasteiger charge is 2.32. The summed E-state index contributed by atoms with van der Waals surface area (Å²) in [6.07, 6.45) is 0.687. The first-order chi connectivity index (χ1) is 14.0. The molecular formula is C22H22N2O5. The molecule has 150 valence electrons. The van der Waals surface area contributed by atoms with Gasteiger partial charge < -0.3 is 19.7 Å². The average Bonchev–Trinajstić information content (AvgIpc) is 2.85. The van der Waals surface area contributed by atoms with Crippen LogP contribution in [-0.2, 0) is 25.5 Å². The molecular weight excluding hydrogens is 372 g/mol. The number of hydrogen-bond donors (Lipinski definition) is 1. The van der Waals surface area contributed by atoms with Crippen LogP contribution in [0, 0.1) is 5.92 Å². The summed E-state index contributed by atoms with van der Waals surface area (Å²) in [5.41, 5.74) is 2.12. The number of amides is 2. The second-order valence-electron chi connectivity index (χ2n) is 7.31. The van der Waals surface area contributed by atoms with Crippen molar-refractivity contribution in [3.63, 3.8) is 0 Å². The Bertz CT molecular complexity index is 958. The quantitative estimate of drug-likeness (QED) is 0.809. The van der Waals surface area contributed by atoms with Gasteiger partial charge in [-0.05, 0) is 37.1 Å². The predicted octanol–water partition coefficient (Wildman–Crippen LogP) is 2.54. The first kappa shape index (κ1) is 19.0. The van der Waals surface area contributed by atoms with E-state index in [0.717, 1.165) is 11.3 Å². The summed E-state index contributed by atoms with van der Waals surface area (Å²) in [7, 11) is 0. The molecule has 7 heteroatoms. The lowest BCUT2D eigenvalue weighted by Gasteiger charge is -2.28. The monoisotopic (exact) mass is 394 g/mol. The van der Waals surface area contributed by atoms with Crippen molar-refractivity contribution in [1.82, 2.24) is 0 Å². The van der Waals surface area contributed by atoms with Crippen LogP contribution in [-0.4, -0.2) is 37.0 Å². The molecule has 0 saturated heterocycles. The summed E-state index contributed by atoms with van der Waals surface area (Å²) in [5.74, 6) is -0.658. The third-order valence-electron chi connectivity index (χ3n) is 5.18. The van der Waals surface area contributed by atoms with E-state index < -0.39 is 11.9 Å². The number of nitrogens with zero attached hydrogens (tertiary/aromatic N) is 1. The highest BCUT2D eigenvalue weighted by atomic mass is 16.5. The number of carbonyl (C=O) groups is 3. The molecule has 29 heavy (non-hydrogen) atoms. The minimum Gasteiger partial charge on any atom is -0.492 e. The lowest BCUT2D eigenvalue weighted by molar-refractivity contribution is -0.153. The number of hydrogen-bond acceptors (Lipinski definition) is 5. The van der Waals surface area contributed by atoms with Crippen molar-refractivity contribution in [2.75, 3.05) is 23.4 Å². The Morgan fingerprint density at radius 3 is 2.76 bits per heavy atom. The third-order valence-corrected chi connectivity index (χ3v) is 5.18. The number of benzene rings is 2. The van der Waals surface area contributed by atoms with E-state index in [-0.39, 0.29) is 37.5 Å². The molecule has 0 radical (unpaired) electrons. The molecule has 2 atom stereocenters. The minimum absolute atomic E-state index is 0.157. The predicted molar refractivity (Wildman–Crippen MR) is 107 cm³/mol. The number of rotatable bonds is 3. The van der Waals surface area contributed by atoms with E-state index in [0.29, 0.717) is 17.8 Å². The van der Waals surface area contributed by atoms with E-state index in [2.05, 4.69) is 5.32 Å². The van der Waals surface area contributed by atoms with E-state index in [9.17, 15) is 14.4 Å². The Hall–Kier alpha value is -3.35. The molecule has 2 amide bonds. The summed E-state index contributed by atoms with van der Waals surface area (Å²) in [5, 5.41) is 2.81. The van der Waals surface area contributed by atoms with Crippen molar-refractivity contribution in [2.24, 2.45) is 5.92 Å². The number of fused-ring (bicyclic) bond motifs is 2. The van der Waals surface area contributed by atoms with Crippen LogP contribution < -0.4 is 15.0 Å². The second kappa shape index (κ2) is 7.95. The molecule has 4 rings (SSSR count). The van der Waals surface area contributed by atoms with E-state index in [1.165, 1.54) is 4.90 Å². The average molecular weight is 394 g/mol. The van der Waals surface area contributed by atoms with Gasteiger partial charge in [-0.15, -0.1) is 0 Å². The van der Waals surface area contributed by atoms with E-state index >= 15 is 0 Å². The zero-order valence-electron chi connectivity index (χ0n) is 16.1. The fourth-order valence-corrected chi connectivity index (χ4v) is 3.77. The van der Waals surface area contributed by atoms with Gasteiger partial charge in [0.25, 0.3) is 5.91 Å². The van der Waals surface area contributed by atoms with Gasteiger partial charge in [0.2, 0.25) is 5.91 Å². The second-order valence-corrected chi connectivity index (χ2v) is 7.31. The topological polar surface area (TPSA) is 84.9 Å². The Morgan fingerprint density at radius 2 is 1.90 bits per heavy atom. The van der Waals surface area contributed by atoms with Crippen molar-refractivity contribution in [1.29, 1.82) is 0 Å². The molecule has 2 heterocycles. The number of ether oxygens (including phenoxy) is 2. The van der Waals surface area contributed by atoms with Crippen molar-refractivity contribution in [2.45, 2.75) is 25.8 Å². The van der Waals surface area contributed by atoms with Gasteiger partial charge in [-0.25, -0.2) is 0 Å². The van der Waals surface area contributed by atoms with Gasteiger partial charge in [-0.2, -0.15) is 0 Å². The smallest absolute Gasteiger partial charge is 0.313 e. The Kier molecular flexibility index (Phi) is 5.20. The molecule has 7 nitrogen and oxygen atoms in total. The number of carbonyl (C=O) groups excluding carboxylic acids is 3. The number of nitrogens with one attached hydrogen (secondary N) is 1. The minimum atomic E-state index is -0.460. The van der Waals surface area contributed by atoms with E-state index in [1.807, 2.05) is 24.3 Å². The van der Waals surface area contributed by atoms with Crippen LogP contribution >= 0.6 is 0 Å². The molecule has 0 fully saturated rings. The van der Waals surface area contributed by atoms with Gasteiger partial charge in [0.15, 0.2) is 6.61 Å². The van der Waals surface area contributed by atoms with E-state index in [1.54, 1.807) is 31.2 Å². The van der Waals surface area contributed by atoms with Gasteiger partial charge in [-0.1, -0.05) is 30.3 Å². The summed E-state index contributed by atoms with van der Waals surface area (Å²) in [6.45, 7) is 1.64. The van der Waals surface area contributed by atoms with Gasteiger partial charge in [0, 0.05) is 12.5 Å². The Balaban J connectivity index is 1.43. The summed E-state index contributed by atoms with van der Waals surface area (Å²) in [6, 6.07) is 14.3. The molecule has 0 aliphatic carbocycles. The summed E-state index contributed by atoms with van der Waals surface area (Å²) >= 11 is 0. The number of anilines is 2. The molecule has 2 unspecified atom stereocenters. The zero-order chi connectivity index (χ0) is 20.4. The fourth-order valence-electron chi connectivity index (χ4n) is 3.77. The van der Waals surface area contributed by atoms with Crippen LogP contribution in [0.3, 0.4) is 0 Å². The molecule has 1 N–H and O–H groups in total. The van der Waals surface area contributed by atoms with Gasteiger partial charge >= 0.3 is 5.97 Å². The van der Waals surface area contributed by atoms with Crippen molar-refractivity contribution < 1.29 is 23.9 Å². The fraction of sp³-hybridized carbons (Fsp3) is 0.318. The van der Waals surface area contributed by atoms with Gasteiger partial charge in [0.05, 0.1) is 17.3 Å². The van der Waals surface area contributed by atoms with Crippen LogP contribution in [0.1, 0.15) is 18.9 Å². The van der Waals surface area contributed by atoms with Crippen molar-refractivity contribution >= 4 is 29.2 Å². The third kappa shape index (κ3) is 3.94. The molecule has 2 aromatic rings. The van der Waals surface area contributed by atoms with Gasteiger partial charge in [-0.3, -0.25) is 14.4 Å². The molecule has 2 aliphatic rings. The maximum absolute atomic E-state index is 12.9. The molecule has 2 aliphatic heterocycles. The highest BCUT2D eigenvalue weighted by molar-refractivity contribution is 6.05. The Morgan fingerprint density at radius 1 is 1.14 bits per heavy atom. The maximum atomic E-state index is 12.9. The van der Waals surface area contributed by atoms with Crippen LogP contribution in [0.25, 0.3) is 0 Å². The molecule has 0 spiro atoms. The van der Waals surface area contributed by atoms with Crippen LogP contribution in [0.4, 0.5) is 11.4 Å². The lowest BCUT2D eigenvalue weighted by Crippen LogP contribution is -2.42. The molecule has 2 aromatic carbocycles. The normalized spacial score (nSPS) is 20.4. The Labute approximate surface area is 168 Å². The van der Waals surface area contributed by atoms with Crippen molar-refractivity contribution in [3.8, 4) is 5.75 Å². The van der Waals surface area contributed by atoms with Crippen LogP contribution in [0.2, 0.25) is 0 Å². The SMILES string of the molecule is CC1CC(=O)Nc2ccccc2N1C(=O)COC(=O)C1COc2ccccc2C1. The first-order valence-electron chi connectivity index (χ1n) is 9.61. The maximum Gasteiger partial charge on any atom is 0.313 e. The number of para-hydroxylation sites is 3. The van der Waals surface area contributed by atoms with Crippen LogP contribution in [0.5, 0.6) is 5.75 Å². The molecule has 0 saturated carbocycles. The zero-order valence-corrected chi connectivity index (χ0v) is 16.1. The van der Waals surface area contributed by atoms with Gasteiger partial charge in [0.1, 0.15) is 12.4 Å². The summed E-state index contributed by atoms with van der Waals surface area (Å²) < 4.78 is 11.0. The highest BCUT2D eigenvalue weighted by Crippen LogP contribution is 2.31. The summed E-state index contributed by atoms with van der Waals surface area (Å²) in [4.78, 5) is 39.0. The lowest BCUT2D eigenvalue weighted by atomic mass is 9.97. The molecule has 0 aromatic heterocycles. The number of esters is 1.